The van der Waals surface area contributed by atoms with Crippen molar-refractivity contribution in [1.82, 2.24) is 4.90 Å². The third kappa shape index (κ3) is 2.88. The van der Waals surface area contributed by atoms with Gasteiger partial charge >= 0.3 is 5.97 Å². The Balaban J connectivity index is 1.62. The smallest absolute Gasteiger partial charge is 0.352 e. The predicted molar refractivity (Wildman–Crippen MR) is 99.9 cm³/mol. The molecule has 1 aromatic rings. The summed E-state index contributed by atoms with van der Waals surface area (Å²) in [6.07, 6.45) is 3.77. The lowest BCUT2D eigenvalue weighted by Gasteiger charge is -2.47. The monoisotopic (exact) mass is 368 g/mol. The molecule has 1 unspecified atom stereocenters. The van der Waals surface area contributed by atoms with Gasteiger partial charge in [0.2, 0.25) is 5.91 Å². The molecule has 6 nitrogen and oxygen atoms in total. The Labute approximate surface area is 158 Å². The van der Waals surface area contributed by atoms with Gasteiger partial charge in [-0.05, 0) is 30.9 Å². The second kappa shape index (κ2) is 6.93. The van der Waals surface area contributed by atoms with Crippen LogP contribution in [0.3, 0.4) is 0 Å². The lowest BCUT2D eigenvalue weighted by Crippen LogP contribution is -2.64. The van der Waals surface area contributed by atoms with E-state index in [-0.39, 0.29) is 29.5 Å². The van der Waals surface area contributed by atoms with Crippen molar-refractivity contribution in [1.29, 1.82) is 0 Å². The molecule has 0 spiro atoms. The average molecular weight is 368 g/mol. The van der Waals surface area contributed by atoms with E-state index in [2.05, 4.69) is 4.99 Å². The molecular weight excluding hydrogens is 344 g/mol. The first kappa shape index (κ1) is 17.9. The maximum Gasteiger partial charge on any atom is 0.352 e. The Morgan fingerprint density at radius 3 is 2.74 bits per heavy atom. The Morgan fingerprint density at radius 1 is 1.33 bits per heavy atom. The van der Waals surface area contributed by atoms with Crippen LogP contribution in [0.4, 0.5) is 0 Å². The van der Waals surface area contributed by atoms with E-state index in [1.165, 1.54) is 4.90 Å². The molecule has 1 aliphatic carbocycles. The molecule has 0 bridgehead atoms. The number of carbonyl (C=O) groups excluding carboxylic acids is 1. The molecule has 3 aliphatic rings. The fourth-order valence-electron chi connectivity index (χ4n) is 4.95. The van der Waals surface area contributed by atoms with E-state index in [9.17, 15) is 19.8 Å². The summed E-state index contributed by atoms with van der Waals surface area (Å²) in [7, 11) is 0. The Hall–Kier alpha value is -2.47. The number of carbonyl (C=O) groups is 2. The first-order chi connectivity index (χ1) is 13.0. The number of β-lactam (4-membered cyclic amide) rings is 1. The molecule has 142 valence electrons. The van der Waals surface area contributed by atoms with Crippen LogP contribution < -0.4 is 0 Å². The summed E-state index contributed by atoms with van der Waals surface area (Å²) in [5.74, 6) is -1.88. The number of rotatable bonds is 5. The number of fused-ring (bicyclic) bond motifs is 3. The zero-order valence-electron chi connectivity index (χ0n) is 15.3. The van der Waals surface area contributed by atoms with Crippen molar-refractivity contribution in [3.63, 3.8) is 0 Å². The highest BCUT2D eigenvalue weighted by Gasteiger charge is 2.62. The first-order valence-electron chi connectivity index (χ1n) is 9.53. The van der Waals surface area contributed by atoms with E-state index in [0.717, 1.165) is 30.4 Å². The third-order valence-corrected chi connectivity index (χ3v) is 6.07. The van der Waals surface area contributed by atoms with Crippen molar-refractivity contribution < 1.29 is 19.8 Å². The van der Waals surface area contributed by atoms with Gasteiger partial charge in [-0.1, -0.05) is 36.8 Å². The van der Waals surface area contributed by atoms with Crippen LogP contribution >= 0.6 is 0 Å². The van der Waals surface area contributed by atoms with Crippen molar-refractivity contribution in [3.8, 4) is 0 Å². The van der Waals surface area contributed by atoms with E-state index in [0.29, 0.717) is 6.54 Å². The van der Waals surface area contributed by atoms with Gasteiger partial charge in [-0.3, -0.25) is 9.79 Å². The van der Waals surface area contributed by atoms with E-state index < -0.39 is 18.0 Å². The molecule has 2 aliphatic heterocycles. The average Bonchev–Trinajstić information content (AvgIpc) is 2.94. The minimum absolute atomic E-state index is 0.00956. The normalized spacial score (nSPS) is 30.9. The molecule has 27 heavy (non-hydrogen) atoms. The molecule has 0 aromatic heterocycles. The second-order valence-electron chi connectivity index (χ2n) is 7.69. The summed E-state index contributed by atoms with van der Waals surface area (Å²) in [5.41, 5.74) is 2.06. The lowest BCUT2D eigenvalue weighted by molar-refractivity contribution is -0.163. The predicted octanol–water partition coefficient (Wildman–Crippen LogP) is 2.23. The fourth-order valence-corrected chi connectivity index (χ4v) is 4.95. The Morgan fingerprint density at radius 2 is 2.07 bits per heavy atom. The van der Waals surface area contributed by atoms with E-state index >= 15 is 0 Å². The van der Waals surface area contributed by atoms with Crippen LogP contribution in [0.1, 0.15) is 31.7 Å². The summed E-state index contributed by atoms with van der Waals surface area (Å²) in [4.78, 5) is 30.4. The minimum atomic E-state index is -1.06. The molecule has 2 fully saturated rings. The van der Waals surface area contributed by atoms with Crippen LogP contribution in [0.15, 0.2) is 46.6 Å². The highest BCUT2D eigenvalue weighted by Crippen LogP contribution is 2.53. The standard InChI is InChI=1S/C21H24N2O4/c1-12(24)16-18-15-9-5-8-14(11-22-10-13-6-3-2-4-7-13)17(15)19(21(26)27)23(18)20(16)25/h2-4,6-7,11-12,14-16,18,24H,5,8-10H2,1H3,(H,26,27)/t12-,14?,15+,16-,18-/m1/s1. The van der Waals surface area contributed by atoms with Crippen LogP contribution in [0.5, 0.6) is 0 Å². The fraction of sp³-hybridized carbons (Fsp3) is 0.476. The Bertz CT molecular complexity index is 815. The maximum atomic E-state index is 12.5. The van der Waals surface area contributed by atoms with Crippen LogP contribution in [0.25, 0.3) is 0 Å². The largest absolute Gasteiger partial charge is 0.477 e. The van der Waals surface area contributed by atoms with Crippen molar-refractivity contribution in [2.75, 3.05) is 0 Å². The SMILES string of the molecule is C[C@@H](O)[C@H]1C(=O)N2C(C(=O)O)=C3C(C=NCc4ccccc4)CCC[C@@H]3[C@H]12. The van der Waals surface area contributed by atoms with Gasteiger partial charge in [-0.15, -0.1) is 0 Å². The summed E-state index contributed by atoms with van der Waals surface area (Å²) < 4.78 is 0. The van der Waals surface area contributed by atoms with Gasteiger partial charge in [0.25, 0.3) is 0 Å². The van der Waals surface area contributed by atoms with Gasteiger partial charge in [0, 0.05) is 18.1 Å². The summed E-state index contributed by atoms with van der Waals surface area (Å²) in [6, 6.07) is 9.70. The van der Waals surface area contributed by atoms with Crippen molar-refractivity contribution in [2.45, 2.75) is 44.9 Å². The molecule has 6 heteroatoms. The number of aliphatic hydroxyl groups excluding tert-OH is 1. The minimum Gasteiger partial charge on any atom is -0.477 e. The highest BCUT2D eigenvalue weighted by atomic mass is 16.4. The summed E-state index contributed by atoms with van der Waals surface area (Å²) >= 11 is 0. The number of aliphatic hydroxyl groups is 1. The molecule has 1 amide bonds. The molecule has 0 radical (unpaired) electrons. The molecular formula is C21H24N2O4. The molecule has 2 N–H and O–H groups in total. The number of hydrogen-bond acceptors (Lipinski definition) is 4. The zero-order chi connectivity index (χ0) is 19.1. The van der Waals surface area contributed by atoms with Crippen LogP contribution in [-0.2, 0) is 16.1 Å². The number of carboxylic acid groups (broad SMARTS) is 1. The molecule has 1 aromatic carbocycles. The van der Waals surface area contributed by atoms with Crippen LogP contribution in [0, 0.1) is 17.8 Å². The van der Waals surface area contributed by atoms with E-state index in [1.54, 1.807) is 6.92 Å². The number of aliphatic carboxylic acids is 1. The summed E-state index contributed by atoms with van der Waals surface area (Å²) in [6.45, 7) is 2.17. The number of amides is 1. The van der Waals surface area contributed by atoms with Gasteiger partial charge in [0.1, 0.15) is 5.70 Å². The third-order valence-electron chi connectivity index (χ3n) is 6.07. The van der Waals surface area contributed by atoms with Crippen molar-refractivity contribution in [2.24, 2.45) is 22.7 Å². The number of carboxylic acids is 1. The lowest BCUT2D eigenvalue weighted by atomic mass is 9.69. The zero-order valence-corrected chi connectivity index (χ0v) is 15.3. The maximum absolute atomic E-state index is 12.5. The number of hydrogen-bond donors (Lipinski definition) is 2. The summed E-state index contributed by atoms with van der Waals surface area (Å²) in [5, 5.41) is 19.8. The topological polar surface area (TPSA) is 90.2 Å². The van der Waals surface area contributed by atoms with Gasteiger partial charge in [0.05, 0.1) is 24.6 Å². The van der Waals surface area contributed by atoms with Gasteiger partial charge in [0.15, 0.2) is 0 Å². The molecule has 2 heterocycles. The van der Waals surface area contributed by atoms with Crippen molar-refractivity contribution in [3.05, 3.63) is 47.2 Å². The number of nitrogens with zero attached hydrogens (tertiary/aromatic N) is 2. The van der Waals surface area contributed by atoms with Gasteiger partial charge in [-0.2, -0.15) is 0 Å². The highest BCUT2D eigenvalue weighted by molar-refractivity contribution is 6.00. The molecule has 5 atom stereocenters. The first-order valence-corrected chi connectivity index (χ1v) is 9.53. The van der Waals surface area contributed by atoms with Gasteiger partial charge < -0.3 is 15.1 Å². The number of benzene rings is 1. The van der Waals surface area contributed by atoms with E-state index in [1.807, 2.05) is 36.5 Å². The van der Waals surface area contributed by atoms with E-state index in [4.69, 9.17) is 0 Å². The van der Waals surface area contributed by atoms with Crippen LogP contribution in [-0.4, -0.2) is 45.3 Å². The Kier molecular flexibility index (Phi) is 4.60. The molecule has 4 rings (SSSR count). The molecule has 1 saturated heterocycles. The van der Waals surface area contributed by atoms with Crippen molar-refractivity contribution >= 4 is 18.1 Å². The van der Waals surface area contributed by atoms with Gasteiger partial charge in [-0.25, -0.2) is 4.79 Å². The number of aliphatic imine (C=N–C) groups is 1. The van der Waals surface area contributed by atoms with Crippen LogP contribution in [0.2, 0.25) is 0 Å². The second-order valence-corrected chi connectivity index (χ2v) is 7.69. The molecule has 1 saturated carbocycles. The quantitative estimate of drug-likeness (QED) is 0.616.